The van der Waals surface area contributed by atoms with Crippen molar-refractivity contribution in [1.29, 1.82) is 0 Å². The van der Waals surface area contributed by atoms with Gasteiger partial charge in [0.15, 0.2) is 0 Å². The maximum absolute atomic E-state index is 14.2. The Labute approximate surface area is 126 Å². The van der Waals surface area contributed by atoms with E-state index in [0.717, 1.165) is 16.9 Å². The highest BCUT2D eigenvalue weighted by Crippen LogP contribution is 2.32. The Kier molecular flexibility index (Phi) is 4.78. The molecule has 20 heavy (non-hydrogen) atoms. The van der Waals surface area contributed by atoms with E-state index in [1.54, 1.807) is 25.3 Å². The SMILES string of the molecule is COc1ccc(C(CO)c2cccc(Br)c2F)cc1C. The first kappa shape index (κ1) is 15.0. The van der Waals surface area contributed by atoms with E-state index < -0.39 is 5.92 Å². The van der Waals surface area contributed by atoms with Gasteiger partial charge in [-0.1, -0.05) is 24.3 Å². The van der Waals surface area contributed by atoms with E-state index in [-0.39, 0.29) is 12.4 Å². The van der Waals surface area contributed by atoms with E-state index in [0.29, 0.717) is 10.0 Å². The van der Waals surface area contributed by atoms with Crippen LogP contribution >= 0.6 is 15.9 Å². The third-order valence-corrected chi connectivity index (χ3v) is 3.97. The molecule has 1 atom stereocenters. The molecule has 2 aromatic rings. The van der Waals surface area contributed by atoms with Gasteiger partial charge in [-0.2, -0.15) is 0 Å². The number of ether oxygens (including phenoxy) is 1. The lowest BCUT2D eigenvalue weighted by atomic mass is 9.90. The largest absolute Gasteiger partial charge is 0.496 e. The van der Waals surface area contributed by atoms with Crippen LogP contribution in [0.5, 0.6) is 5.75 Å². The van der Waals surface area contributed by atoms with Crippen molar-refractivity contribution in [3.05, 3.63) is 63.4 Å². The van der Waals surface area contributed by atoms with Crippen LogP contribution in [0.25, 0.3) is 0 Å². The van der Waals surface area contributed by atoms with E-state index >= 15 is 0 Å². The first-order valence-electron chi connectivity index (χ1n) is 6.27. The normalized spacial score (nSPS) is 12.2. The topological polar surface area (TPSA) is 29.5 Å². The number of methoxy groups -OCH3 is 1. The maximum Gasteiger partial charge on any atom is 0.141 e. The van der Waals surface area contributed by atoms with E-state index in [9.17, 15) is 9.50 Å². The molecule has 1 N–H and O–H groups in total. The Bertz CT molecular complexity index is 613. The molecule has 0 heterocycles. The summed E-state index contributed by atoms with van der Waals surface area (Å²) in [5.41, 5.74) is 2.30. The minimum Gasteiger partial charge on any atom is -0.496 e. The molecule has 0 spiro atoms. The zero-order chi connectivity index (χ0) is 14.7. The molecule has 2 aromatic carbocycles. The van der Waals surface area contributed by atoms with Gasteiger partial charge in [0.1, 0.15) is 11.6 Å². The number of hydrogen-bond donors (Lipinski definition) is 1. The van der Waals surface area contributed by atoms with Crippen LogP contribution in [0, 0.1) is 12.7 Å². The lowest BCUT2D eigenvalue weighted by Crippen LogP contribution is -2.09. The summed E-state index contributed by atoms with van der Waals surface area (Å²) in [6.45, 7) is 1.77. The van der Waals surface area contributed by atoms with Gasteiger partial charge in [-0.15, -0.1) is 0 Å². The molecule has 0 saturated carbocycles. The molecule has 0 bridgehead atoms. The number of aliphatic hydroxyl groups excluding tert-OH is 1. The highest BCUT2D eigenvalue weighted by Gasteiger charge is 2.19. The molecule has 0 aliphatic rings. The van der Waals surface area contributed by atoms with Crippen molar-refractivity contribution in [1.82, 2.24) is 0 Å². The molecule has 2 rings (SSSR count). The fourth-order valence-electron chi connectivity index (χ4n) is 2.29. The van der Waals surface area contributed by atoms with Crippen molar-refractivity contribution in [3.8, 4) is 5.75 Å². The summed E-state index contributed by atoms with van der Waals surface area (Å²) < 4.78 is 19.8. The van der Waals surface area contributed by atoms with Crippen molar-refractivity contribution < 1.29 is 14.2 Å². The molecule has 0 amide bonds. The zero-order valence-corrected chi connectivity index (χ0v) is 12.9. The summed E-state index contributed by atoms with van der Waals surface area (Å²) in [7, 11) is 1.61. The number of halogens is 2. The summed E-state index contributed by atoms with van der Waals surface area (Å²) in [6, 6.07) is 10.7. The van der Waals surface area contributed by atoms with Crippen LogP contribution in [0.15, 0.2) is 40.9 Å². The predicted octanol–water partition coefficient (Wildman–Crippen LogP) is 4.03. The Hall–Kier alpha value is -1.39. The fourth-order valence-corrected chi connectivity index (χ4v) is 2.67. The van der Waals surface area contributed by atoms with Gasteiger partial charge in [0, 0.05) is 5.92 Å². The molecule has 4 heteroatoms. The van der Waals surface area contributed by atoms with Crippen molar-refractivity contribution >= 4 is 15.9 Å². The molecule has 2 nitrogen and oxygen atoms in total. The van der Waals surface area contributed by atoms with E-state index in [1.165, 1.54) is 0 Å². The van der Waals surface area contributed by atoms with Crippen molar-refractivity contribution in [3.63, 3.8) is 0 Å². The Morgan fingerprint density at radius 1 is 1.30 bits per heavy atom. The Morgan fingerprint density at radius 3 is 2.65 bits per heavy atom. The van der Waals surface area contributed by atoms with Crippen LogP contribution in [0.1, 0.15) is 22.6 Å². The predicted molar refractivity (Wildman–Crippen MR) is 80.8 cm³/mol. The summed E-state index contributed by atoms with van der Waals surface area (Å²) in [6.07, 6.45) is 0. The average molecular weight is 339 g/mol. The molecule has 0 radical (unpaired) electrons. The van der Waals surface area contributed by atoms with E-state index in [4.69, 9.17) is 4.74 Å². The summed E-state index contributed by atoms with van der Waals surface area (Å²) in [4.78, 5) is 0. The van der Waals surface area contributed by atoms with Crippen LogP contribution in [0.2, 0.25) is 0 Å². The smallest absolute Gasteiger partial charge is 0.141 e. The molecular formula is C16H16BrFO2. The van der Waals surface area contributed by atoms with Crippen molar-refractivity contribution in [2.24, 2.45) is 0 Å². The van der Waals surface area contributed by atoms with Crippen LogP contribution in [0.3, 0.4) is 0 Å². The number of hydrogen-bond acceptors (Lipinski definition) is 2. The molecule has 0 aliphatic heterocycles. The van der Waals surface area contributed by atoms with Gasteiger partial charge < -0.3 is 9.84 Å². The second-order valence-electron chi connectivity index (χ2n) is 4.61. The quantitative estimate of drug-likeness (QED) is 0.911. The van der Waals surface area contributed by atoms with Gasteiger partial charge in [0.2, 0.25) is 0 Å². The Morgan fingerprint density at radius 2 is 2.05 bits per heavy atom. The highest BCUT2D eigenvalue weighted by atomic mass is 79.9. The lowest BCUT2D eigenvalue weighted by Gasteiger charge is -2.18. The van der Waals surface area contributed by atoms with Gasteiger partial charge in [0.05, 0.1) is 18.2 Å². The van der Waals surface area contributed by atoms with Crippen LogP contribution < -0.4 is 4.74 Å². The van der Waals surface area contributed by atoms with Crippen LogP contribution in [-0.2, 0) is 0 Å². The zero-order valence-electron chi connectivity index (χ0n) is 11.4. The van der Waals surface area contributed by atoms with Gasteiger partial charge >= 0.3 is 0 Å². The van der Waals surface area contributed by atoms with Crippen molar-refractivity contribution in [2.75, 3.05) is 13.7 Å². The lowest BCUT2D eigenvalue weighted by molar-refractivity contribution is 0.278. The molecule has 0 fully saturated rings. The van der Waals surface area contributed by atoms with Crippen LogP contribution in [-0.4, -0.2) is 18.8 Å². The maximum atomic E-state index is 14.2. The first-order valence-corrected chi connectivity index (χ1v) is 7.07. The number of rotatable bonds is 4. The number of benzene rings is 2. The number of aryl methyl sites for hydroxylation is 1. The molecule has 0 aromatic heterocycles. The molecule has 1 unspecified atom stereocenters. The molecule has 0 aliphatic carbocycles. The molecule has 106 valence electrons. The molecular weight excluding hydrogens is 323 g/mol. The second-order valence-corrected chi connectivity index (χ2v) is 5.46. The Balaban J connectivity index is 2.47. The fraction of sp³-hybridized carbons (Fsp3) is 0.250. The number of aliphatic hydroxyl groups is 1. The monoisotopic (exact) mass is 338 g/mol. The highest BCUT2D eigenvalue weighted by molar-refractivity contribution is 9.10. The summed E-state index contributed by atoms with van der Waals surface area (Å²) in [5, 5.41) is 9.65. The van der Waals surface area contributed by atoms with E-state index in [1.807, 2.05) is 25.1 Å². The second kappa shape index (κ2) is 6.37. The first-order chi connectivity index (χ1) is 9.58. The van der Waals surface area contributed by atoms with Gasteiger partial charge in [-0.05, 0) is 51.7 Å². The average Bonchev–Trinajstić information content (AvgIpc) is 2.44. The summed E-state index contributed by atoms with van der Waals surface area (Å²) in [5.74, 6) is 0.0530. The third-order valence-electron chi connectivity index (χ3n) is 3.36. The minimum atomic E-state index is -0.392. The van der Waals surface area contributed by atoms with Gasteiger partial charge in [0.25, 0.3) is 0 Å². The summed E-state index contributed by atoms with van der Waals surface area (Å²) >= 11 is 3.18. The molecule has 0 saturated heterocycles. The van der Waals surface area contributed by atoms with Gasteiger partial charge in [-0.25, -0.2) is 4.39 Å². The third kappa shape index (κ3) is 2.86. The standard InChI is InChI=1S/C16H16BrFO2/c1-10-8-11(6-7-15(10)20-2)13(9-19)12-4-3-5-14(17)16(12)18/h3-8,13,19H,9H2,1-2H3. The van der Waals surface area contributed by atoms with E-state index in [2.05, 4.69) is 15.9 Å². The van der Waals surface area contributed by atoms with Gasteiger partial charge in [-0.3, -0.25) is 0 Å². The van der Waals surface area contributed by atoms with Crippen LogP contribution in [0.4, 0.5) is 4.39 Å². The minimum absolute atomic E-state index is 0.154. The van der Waals surface area contributed by atoms with Crippen molar-refractivity contribution in [2.45, 2.75) is 12.8 Å².